The van der Waals surface area contributed by atoms with E-state index in [1.165, 1.54) is 0 Å². The number of amides is 1. The molecule has 1 unspecified atom stereocenters. The Labute approximate surface area is 93.7 Å². The van der Waals surface area contributed by atoms with Crippen molar-refractivity contribution in [2.45, 2.75) is 13.8 Å². The van der Waals surface area contributed by atoms with E-state index in [1.807, 2.05) is 19.1 Å². The van der Waals surface area contributed by atoms with Gasteiger partial charge in [-0.15, -0.1) is 0 Å². The van der Waals surface area contributed by atoms with Crippen LogP contribution in [0.25, 0.3) is 0 Å². The summed E-state index contributed by atoms with van der Waals surface area (Å²) in [6.45, 7) is 3.43. The highest BCUT2D eigenvalue weighted by Gasteiger charge is 2.11. The Hall–Kier alpha value is -1.53. The van der Waals surface area contributed by atoms with E-state index in [-0.39, 0.29) is 5.91 Å². The number of nitriles is 1. The molecule has 1 rings (SSSR count). The SMILES string of the molecule is Cc1ccc(NC(=O)C(C)C#N)cc1Cl. The maximum atomic E-state index is 11.4. The highest BCUT2D eigenvalue weighted by atomic mass is 35.5. The second-order valence-corrected chi connectivity index (χ2v) is 3.71. The van der Waals surface area contributed by atoms with Gasteiger partial charge in [-0.25, -0.2) is 0 Å². The van der Waals surface area contributed by atoms with Gasteiger partial charge in [-0.3, -0.25) is 4.79 Å². The lowest BCUT2D eigenvalue weighted by molar-refractivity contribution is -0.117. The molecule has 0 aliphatic carbocycles. The second kappa shape index (κ2) is 4.81. The summed E-state index contributed by atoms with van der Waals surface area (Å²) in [7, 11) is 0. The summed E-state index contributed by atoms with van der Waals surface area (Å²) in [4.78, 5) is 11.4. The van der Waals surface area contributed by atoms with Gasteiger partial charge in [0.05, 0.1) is 6.07 Å². The van der Waals surface area contributed by atoms with Crippen LogP contribution in [0.3, 0.4) is 0 Å². The molecule has 0 aliphatic rings. The molecule has 0 spiro atoms. The number of hydrogen-bond donors (Lipinski definition) is 1. The highest BCUT2D eigenvalue weighted by molar-refractivity contribution is 6.31. The summed E-state index contributed by atoms with van der Waals surface area (Å²) in [6.07, 6.45) is 0. The van der Waals surface area contributed by atoms with Gasteiger partial charge < -0.3 is 5.32 Å². The summed E-state index contributed by atoms with van der Waals surface area (Å²) in [5, 5.41) is 11.8. The molecule has 78 valence electrons. The van der Waals surface area contributed by atoms with E-state index in [0.29, 0.717) is 10.7 Å². The molecular formula is C11H11ClN2O. The molecule has 15 heavy (non-hydrogen) atoms. The molecule has 0 heterocycles. The summed E-state index contributed by atoms with van der Waals surface area (Å²) >= 11 is 5.89. The zero-order valence-corrected chi connectivity index (χ0v) is 9.30. The fourth-order valence-electron chi connectivity index (χ4n) is 0.980. The van der Waals surface area contributed by atoms with Gasteiger partial charge in [0.2, 0.25) is 5.91 Å². The van der Waals surface area contributed by atoms with Gasteiger partial charge >= 0.3 is 0 Å². The number of benzene rings is 1. The van der Waals surface area contributed by atoms with Crippen molar-refractivity contribution in [3.8, 4) is 6.07 Å². The van der Waals surface area contributed by atoms with Gasteiger partial charge in [-0.1, -0.05) is 17.7 Å². The van der Waals surface area contributed by atoms with Crippen molar-refractivity contribution < 1.29 is 4.79 Å². The van der Waals surface area contributed by atoms with E-state index in [0.717, 1.165) is 5.56 Å². The lowest BCUT2D eigenvalue weighted by Gasteiger charge is -2.07. The van der Waals surface area contributed by atoms with Gasteiger partial charge in [0.25, 0.3) is 0 Å². The van der Waals surface area contributed by atoms with E-state index in [4.69, 9.17) is 16.9 Å². The maximum Gasteiger partial charge on any atom is 0.241 e. The first-order valence-electron chi connectivity index (χ1n) is 4.51. The molecule has 1 N–H and O–H groups in total. The van der Waals surface area contributed by atoms with Crippen LogP contribution in [0.1, 0.15) is 12.5 Å². The average Bonchev–Trinajstić information content (AvgIpc) is 2.22. The summed E-state index contributed by atoms with van der Waals surface area (Å²) in [5.74, 6) is -0.984. The van der Waals surface area contributed by atoms with Crippen molar-refractivity contribution in [1.82, 2.24) is 0 Å². The van der Waals surface area contributed by atoms with E-state index >= 15 is 0 Å². The van der Waals surface area contributed by atoms with E-state index in [2.05, 4.69) is 5.32 Å². The quantitative estimate of drug-likeness (QED) is 0.837. The third-order valence-corrected chi connectivity index (χ3v) is 2.43. The van der Waals surface area contributed by atoms with Crippen LogP contribution in [0.4, 0.5) is 5.69 Å². The van der Waals surface area contributed by atoms with Crippen LogP contribution < -0.4 is 5.32 Å². The molecule has 0 aromatic heterocycles. The zero-order chi connectivity index (χ0) is 11.4. The molecule has 0 saturated heterocycles. The Morgan fingerprint density at radius 1 is 1.60 bits per heavy atom. The number of aryl methyl sites for hydroxylation is 1. The molecule has 0 saturated carbocycles. The van der Waals surface area contributed by atoms with Gasteiger partial charge in [0, 0.05) is 10.7 Å². The lowest BCUT2D eigenvalue weighted by atomic mass is 10.2. The van der Waals surface area contributed by atoms with Gasteiger partial charge in [0.1, 0.15) is 5.92 Å². The Balaban J connectivity index is 2.78. The molecule has 0 fully saturated rings. The van der Waals surface area contributed by atoms with Gasteiger partial charge in [-0.2, -0.15) is 5.26 Å². The zero-order valence-electron chi connectivity index (χ0n) is 8.54. The van der Waals surface area contributed by atoms with Crippen LogP contribution in [0.15, 0.2) is 18.2 Å². The van der Waals surface area contributed by atoms with Crippen LogP contribution in [0, 0.1) is 24.2 Å². The number of rotatable bonds is 2. The van der Waals surface area contributed by atoms with Gasteiger partial charge in [0.15, 0.2) is 0 Å². The van der Waals surface area contributed by atoms with Crippen molar-refractivity contribution in [2.24, 2.45) is 5.92 Å². The first-order chi connectivity index (χ1) is 7.04. The minimum atomic E-state index is -0.662. The topological polar surface area (TPSA) is 52.9 Å². The molecule has 1 amide bonds. The Bertz CT molecular complexity index is 423. The molecule has 1 aromatic carbocycles. The number of anilines is 1. The van der Waals surface area contributed by atoms with E-state index in [9.17, 15) is 4.79 Å². The van der Waals surface area contributed by atoms with Crippen molar-refractivity contribution in [3.05, 3.63) is 28.8 Å². The summed E-state index contributed by atoms with van der Waals surface area (Å²) < 4.78 is 0. The molecule has 1 atom stereocenters. The predicted molar refractivity (Wildman–Crippen MR) is 59.6 cm³/mol. The Kier molecular flexibility index (Phi) is 3.70. The third kappa shape index (κ3) is 2.97. The number of nitrogens with one attached hydrogen (secondary N) is 1. The lowest BCUT2D eigenvalue weighted by Crippen LogP contribution is -2.18. The van der Waals surface area contributed by atoms with E-state index < -0.39 is 5.92 Å². The Morgan fingerprint density at radius 3 is 2.80 bits per heavy atom. The minimum absolute atomic E-state index is 0.322. The largest absolute Gasteiger partial charge is 0.325 e. The smallest absolute Gasteiger partial charge is 0.241 e. The second-order valence-electron chi connectivity index (χ2n) is 3.30. The number of carbonyl (C=O) groups is 1. The van der Waals surface area contributed by atoms with Crippen LogP contribution >= 0.6 is 11.6 Å². The molecule has 0 aliphatic heterocycles. The number of nitrogens with zero attached hydrogens (tertiary/aromatic N) is 1. The monoisotopic (exact) mass is 222 g/mol. The normalized spacial score (nSPS) is 11.6. The fraction of sp³-hybridized carbons (Fsp3) is 0.273. The van der Waals surface area contributed by atoms with Crippen LogP contribution in [0.5, 0.6) is 0 Å². The molecule has 0 radical (unpaired) electrons. The number of hydrogen-bond acceptors (Lipinski definition) is 2. The summed E-state index contributed by atoms with van der Waals surface area (Å²) in [6, 6.07) is 7.10. The molecule has 1 aromatic rings. The van der Waals surface area contributed by atoms with Crippen LogP contribution in [-0.2, 0) is 4.79 Å². The minimum Gasteiger partial charge on any atom is -0.325 e. The van der Waals surface area contributed by atoms with Crippen molar-refractivity contribution in [1.29, 1.82) is 5.26 Å². The highest BCUT2D eigenvalue weighted by Crippen LogP contribution is 2.20. The standard InChI is InChI=1S/C11H11ClN2O/c1-7-3-4-9(5-10(7)12)14-11(15)8(2)6-13/h3-5,8H,1-2H3,(H,14,15). The molecule has 4 heteroatoms. The third-order valence-electron chi connectivity index (χ3n) is 2.03. The van der Waals surface area contributed by atoms with Crippen LogP contribution in [0.2, 0.25) is 5.02 Å². The fourth-order valence-corrected chi connectivity index (χ4v) is 1.16. The summed E-state index contributed by atoms with van der Waals surface area (Å²) in [5.41, 5.74) is 1.56. The molecule has 3 nitrogen and oxygen atoms in total. The first kappa shape index (κ1) is 11.5. The molecule has 0 bridgehead atoms. The predicted octanol–water partition coefficient (Wildman–Crippen LogP) is 2.75. The maximum absolute atomic E-state index is 11.4. The Morgan fingerprint density at radius 2 is 2.27 bits per heavy atom. The number of carbonyl (C=O) groups excluding carboxylic acids is 1. The van der Waals surface area contributed by atoms with Crippen LogP contribution in [-0.4, -0.2) is 5.91 Å². The molecular weight excluding hydrogens is 212 g/mol. The van der Waals surface area contributed by atoms with Gasteiger partial charge in [-0.05, 0) is 31.5 Å². The van der Waals surface area contributed by atoms with Crippen molar-refractivity contribution >= 4 is 23.2 Å². The van der Waals surface area contributed by atoms with Crippen molar-refractivity contribution in [3.63, 3.8) is 0 Å². The van der Waals surface area contributed by atoms with E-state index in [1.54, 1.807) is 19.1 Å². The van der Waals surface area contributed by atoms with Crippen molar-refractivity contribution in [2.75, 3.05) is 5.32 Å². The number of halogens is 1. The first-order valence-corrected chi connectivity index (χ1v) is 4.89. The average molecular weight is 223 g/mol.